The average molecular weight is 267 g/mol. The van der Waals surface area contributed by atoms with Crippen molar-refractivity contribution >= 4 is 17.4 Å². The van der Waals surface area contributed by atoms with Crippen LogP contribution in [0.2, 0.25) is 5.02 Å². The van der Waals surface area contributed by atoms with Gasteiger partial charge in [0.05, 0.1) is 12.1 Å². The van der Waals surface area contributed by atoms with Gasteiger partial charge in [0.2, 0.25) is 0 Å². The first kappa shape index (κ1) is 13.4. The number of ketones is 1. The van der Waals surface area contributed by atoms with Gasteiger partial charge in [0.25, 0.3) is 0 Å². The summed E-state index contributed by atoms with van der Waals surface area (Å²) in [5, 5.41) is 0.634. The van der Waals surface area contributed by atoms with Crippen molar-refractivity contribution in [2.24, 2.45) is 0 Å². The fourth-order valence-electron chi connectivity index (χ4n) is 2.77. The van der Waals surface area contributed by atoms with Crippen LogP contribution in [-0.4, -0.2) is 12.9 Å². The number of carbonyl (C=O) groups is 1. The summed E-state index contributed by atoms with van der Waals surface area (Å²) < 4.78 is 5.40. The predicted molar refractivity (Wildman–Crippen MR) is 73.6 cm³/mol. The van der Waals surface area contributed by atoms with E-state index in [4.69, 9.17) is 16.3 Å². The van der Waals surface area contributed by atoms with Gasteiger partial charge in [-0.05, 0) is 49.8 Å². The average Bonchev–Trinajstić information content (AvgIpc) is 2.53. The van der Waals surface area contributed by atoms with Crippen molar-refractivity contribution in [2.45, 2.75) is 45.4 Å². The maximum absolute atomic E-state index is 11.5. The molecule has 0 atom stereocenters. The molecule has 18 heavy (non-hydrogen) atoms. The lowest BCUT2D eigenvalue weighted by atomic mass is 9.93. The molecule has 0 bridgehead atoms. The summed E-state index contributed by atoms with van der Waals surface area (Å²) in [6.45, 7) is 1.61. The summed E-state index contributed by atoms with van der Waals surface area (Å²) in [5.41, 5.74) is 3.60. The minimum atomic E-state index is 0.155. The van der Waals surface area contributed by atoms with E-state index in [2.05, 4.69) is 0 Å². The van der Waals surface area contributed by atoms with Gasteiger partial charge in [0, 0.05) is 12.0 Å². The smallest absolute Gasteiger partial charge is 0.141 e. The van der Waals surface area contributed by atoms with Crippen molar-refractivity contribution in [3.63, 3.8) is 0 Å². The standard InChI is InChI=1S/C15H19ClO2/c1-10(17)8-13-12-7-5-3-4-6-11(12)9-14(16)15(13)18-2/h9H,3-8H2,1-2H3. The maximum atomic E-state index is 11.5. The number of halogens is 1. The molecule has 0 N–H and O–H groups in total. The molecule has 0 fully saturated rings. The van der Waals surface area contributed by atoms with E-state index in [0.717, 1.165) is 18.4 Å². The van der Waals surface area contributed by atoms with Gasteiger partial charge in [-0.2, -0.15) is 0 Å². The summed E-state index contributed by atoms with van der Waals surface area (Å²) in [4.78, 5) is 11.5. The molecule has 0 saturated carbocycles. The summed E-state index contributed by atoms with van der Waals surface area (Å²) >= 11 is 6.27. The Hall–Kier alpha value is -1.02. The minimum absolute atomic E-state index is 0.155. The molecule has 0 aliphatic heterocycles. The fraction of sp³-hybridized carbons (Fsp3) is 0.533. The quantitative estimate of drug-likeness (QED) is 0.779. The number of ether oxygens (including phenoxy) is 1. The predicted octanol–water partition coefficient (Wildman–Crippen LogP) is 3.75. The molecule has 1 aromatic carbocycles. The molecule has 0 radical (unpaired) electrons. The Kier molecular flexibility index (Phi) is 4.28. The zero-order chi connectivity index (χ0) is 13.1. The monoisotopic (exact) mass is 266 g/mol. The number of rotatable bonds is 3. The van der Waals surface area contributed by atoms with E-state index >= 15 is 0 Å². The Morgan fingerprint density at radius 3 is 2.72 bits per heavy atom. The minimum Gasteiger partial charge on any atom is -0.495 e. The molecular weight excluding hydrogens is 248 g/mol. The zero-order valence-electron chi connectivity index (χ0n) is 11.0. The van der Waals surface area contributed by atoms with E-state index in [1.807, 2.05) is 6.07 Å². The van der Waals surface area contributed by atoms with Gasteiger partial charge in [0.1, 0.15) is 11.5 Å². The first-order valence-corrected chi connectivity index (χ1v) is 6.88. The van der Waals surface area contributed by atoms with Gasteiger partial charge < -0.3 is 4.74 Å². The second kappa shape index (κ2) is 5.75. The molecule has 0 heterocycles. The second-order valence-corrected chi connectivity index (χ2v) is 5.35. The second-order valence-electron chi connectivity index (χ2n) is 4.95. The van der Waals surface area contributed by atoms with Crippen LogP contribution in [0.15, 0.2) is 6.07 Å². The number of methoxy groups -OCH3 is 1. The van der Waals surface area contributed by atoms with Crippen molar-refractivity contribution in [3.8, 4) is 5.75 Å². The summed E-state index contributed by atoms with van der Waals surface area (Å²) in [5.74, 6) is 0.842. The Balaban J connectivity index is 2.56. The molecule has 0 spiro atoms. The van der Waals surface area contributed by atoms with E-state index in [-0.39, 0.29) is 5.78 Å². The third kappa shape index (κ3) is 2.69. The lowest BCUT2D eigenvalue weighted by Gasteiger charge is -2.17. The first-order chi connectivity index (χ1) is 8.63. The first-order valence-electron chi connectivity index (χ1n) is 6.50. The molecular formula is C15H19ClO2. The SMILES string of the molecule is COc1c(Cl)cc2c(c1CC(C)=O)CCCCC2. The maximum Gasteiger partial charge on any atom is 0.141 e. The van der Waals surface area contributed by atoms with Gasteiger partial charge >= 0.3 is 0 Å². The highest BCUT2D eigenvalue weighted by Crippen LogP contribution is 2.37. The number of fused-ring (bicyclic) bond motifs is 1. The summed E-state index contributed by atoms with van der Waals surface area (Å²) in [6, 6.07) is 2.02. The van der Waals surface area contributed by atoms with Crippen LogP contribution in [0.25, 0.3) is 0 Å². The molecule has 0 amide bonds. The highest BCUT2D eigenvalue weighted by atomic mass is 35.5. The largest absolute Gasteiger partial charge is 0.495 e. The molecule has 98 valence electrons. The van der Waals surface area contributed by atoms with E-state index in [1.165, 1.54) is 30.4 Å². The number of hydrogen-bond acceptors (Lipinski definition) is 2. The van der Waals surface area contributed by atoms with Gasteiger partial charge in [-0.25, -0.2) is 0 Å². The number of benzene rings is 1. The number of Topliss-reactive ketones (excluding diaryl/α,β-unsaturated/α-hetero) is 1. The van der Waals surface area contributed by atoms with Crippen molar-refractivity contribution in [2.75, 3.05) is 7.11 Å². The Bertz CT molecular complexity index is 466. The molecule has 3 heteroatoms. The van der Waals surface area contributed by atoms with Crippen LogP contribution in [-0.2, 0) is 24.1 Å². The van der Waals surface area contributed by atoms with Gasteiger partial charge in [-0.1, -0.05) is 18.0 Å². The lowest BCUT2D eigenvalue weighted by Crippen LogP contribution is -2.07. The Labute approximate surface area is 113 Å². The number of aryl methyl sites for hydroxylation is 1. The van der Waals surface area contributed by atoms with E-state index in [0.29, 0.717) is 17.2 Å². The topological polar surface area (TPSA) is 26.3 Å². The van der Waals surface area contributed by atoms with E-state index in [9.17, 15) is 4.79 Å². The van der Waals surface area contributed by atoms with Crippen LogP contribution in [0.3, 0.4) is 0 Å². The van der Waals surface area contributed by atoms with Gasteiger partial charge in [0.15, 0.2) is 0 Å². The molecule has 2 nitrogen and oxygen atoms in total. The van der Waals surface area contributed by atoms with Crippen LogP contribution in [0, 0.1) is 0 Å². The molecule has 1 aromatic rings. The van der Waals surface area contributed by atoms with Crippen molar-refractivity contribution in [1.29, 1.82) is 0 Å². The number of carbonyl (C=O) groups excluding carboxylic acids is 1. The normalized spacial score (nSPS) is 14.8. The van der Waals surface area contributed by atoms with E-state index < -0.39 is 0 Å². The highest BCUT2D eigenvalue weighted by Gasteiger charge is 2.20. The van der Waals surface area contributed by atoms with Crippen LogP contribution in [0.5, 0.6) is 5.75 Å². The molecule has 2 rings (SSSR count). The molecule has 0 saturated heterocycles. The van der Waals surface area contributed by atoms with E-state index in [1.54, 1.807) is 14.0 Å². The summed E-state index contributed by atoms with van der Waals surface area (Å²) in [7, 11) is 1.62. The van der Waals surface area contributed by atoms with Crippen LogP contribution in [0.1, 0.15) is 42.9 Å². The van der Waals surface area contributed by atoms with Crippen molar-refractivity contribution in [1.82, 2.24) is 0 Å². The van der Waals surface area contributed by atoms with Crippen LogP contribution in [0.4, 0.5) is 0 Å². The zero-order valence-corrected chi connectivity index (χ0v) is 11.8. The summed E-state index contributed by atoms with van der Waals surface area (Å²) in [6.07, 6.45) is 6.15. The van der Waals surface area contributed by atoms with Crippen LogP contribution >= 0.6 is 11.6 Å². The molecule has 1 aliphatic rings. The fourth-order valence-corrected chi connectivity index (χ4v) is 3.09. The third-order valence-corrected chi connectivity index (χ3v) is 3.83. The van der Waals surface area contributed by atoms with Gasteiger partial charge in [-0.15, -0.1) is 0 Å². The molecule has 1 aliphatic carbocycles. The van der Waals surface area contributed by atoms with Crippen molar-refractivity contribution in [3.05, 3.63) is 27.8 Å². The Morgan fingerprint density at radius 2 is 2.06 bits per heavy atom. The molecule has 0 aromatic heterocycles. The number of hydrogen-bond donors (Lipinski definition) is 0. The lowest BCUT2D eigenvalue weighted by molar-refractivity contribution is -0.116. The van der Waals surface area contributed by atoms with Crippen molar-refractivity contribution < 1.29 is 9.53 Å². The van der Waals surface area contributed by atoms with Crippen LogP contribution < -0.4 is 4.74 Å². The highest BCUT2D eigenvalue weighted by molar-refractivity contribution is 6.32. The molecule has 0 unspecified atom stereocenters. The van der Waals surface area contributed by atoms with Gasteiger partial charge in [-0.3, -0.25) is 4.79 Å². The Morgan fingerprint density at radius 1 is 1.33 bits per heavy atom. The third-order valence-electron chi connectivity index (χ3n) is 3.55.